The highest BCUT2D eigenvalue weighted by Crippen LogP contribution is 2.33. The Bertz CT molecular complexity index is 1010. The number of aryl methyl sites for hydroxylation is 3. The highest BCUT2D eigenvalue weighted by molar-refractivity contribution is 6.13. The molecule has 4 aromatic rings. The van der Waals surface area contributed by atoms with Crippen molar-refractivity contribution in [2.75, 3.05) is 0 Å². The molecule has 0 aliphatic heterocycles. The Labute approximate surface area is 125 Å². The van der Waals surface area contributed by atoms with E-state index in [1.165, 1.54) is 49.0 Å². The Hall–Kier alpha value is -2.34. The SMILES string of the molecule is Cc1ccc2cc3cc(C)c4c(C)cccc4c3cc2c1. The molecule has 0 heteroatoms. The molecular weight excluding hydrogens is 252 g/mol. The van der Waals surface area contributed by atoms with E-state index in [1.807, 2.05) is 0 Å². The minimum atomic E-state index is 1.31. The second-order valence-corrected chi connectivity index (χ2v) is 6.11. The summed E-state index contributed by atoms with van der Waals surface area (Å²) in [4.78, 5) is 0. The number of hydrogen-bond acceptors (Lipinski definition) is 0. The van der Waals surface area contributed by atoms with E-state index >= 15 is 0 Å². The molecule has 0 aliphatic carbocycles. The molecule has 0 unspecified atom stereocenters. The maximum absolute atomic E-state index is 2.35. The highest BCUT2D eigenvalue weighted by Gasteiger charge is 2.07. The van der Waals surface area contributed by atoms with Gasteiger partial charge in [-0.2, -0.15) is 0 Å². The van der Waals surface area contributed by atoms with Gasteiger partial charge in [-0.15, -0.1) is 0 Å². The molecule has 0 aromatic heterocycles. The molecule has 4 rings (SSSR count). The van der Waals surface area contributed by atoms with Crippen LogP contribution in [0.25, 0.3) is 32.3 Å². The van der Waals surface area contributed by atoms with Gasteiger partial charge in [0.05, 0.1) is 0 Å². The van der Waals surface area contributed by atoms with Crippen LogP contribution in [0.15, 0.2) is 54.6 Å². The van der Waals surface area contributed by atoms with Gasteiger partial charge < -0.3 is 0 Å². The zero-order valence-corrected chi connectivity index (χ0v) is 12.7. The van der Waals surface area contributed by atoms with Gasteiger partial charge in [0.15, 0.2) is 0 Å². The topological polar surface area (TPSA) is 0 Å². The Kier molecular flexibility index (Phi) is 2.56. The smallest absolute Gasteiger partial charge is 0.00987 e. The average Bonchev–Trinajstić information content (AvgIpc) is 2.46. The lowest BCUT2D eigenvalue weighted by Gasteiger charge is -2.11. The van der Waals surface area contributed by atoms with Gasteiger partial charge in [0.2, 0.25) is 0 Å². The van der Waals surface area contributed by atoms with E-state index in [0.29, 0.717) is 0 Å². The lowest BCUT2D eigenvalue weighted by molar-refractivity contribution is 1.48. The van der Waals surface area contributed by atoms with Crippen LogP contribution in [0.1, 0.15) is 16.7 Å². The molecule has 0 N–H and O–H groups in total. The Morgan fingerprint density at radius 2 is 1.43 bits per heavy atom. The zero-order chi connectivity index (χ0) is 14.6. The molecule has 102 valence electrons. The predicted molar refractivity (Wildman–Crippen MR) is 93.2 cm³/mol. The first kappa shape index (κ1) is 12.4. The molecule has 0 heterocycles. The minimum Gasteiger partial charge on any atom is -0.0613 e. The second kappa shape index (κ2) is 4.33. The molecule has 0 radical (unpaired) electrons. The molecule has 0 fully saturated rings. The van der Waals surface area contributed by atoms with Gasteiger partial charge in [0, 0.05) is 0 Å². The first-order chi connectivity index (χ1) is 10.1. The lowest BCUT2D eigenvalue weighted by Crippen LogP contribution is -1.86. The number of rotatable bonds is 0. The van der Waals surface area contributed by atoms with Crippen molar-refractivity contribution < 1.29 is 0 Å². The Morgan fingerprint density at radius 1 is 0.571 bits per heavy atom. The molecule has 0 bridgehead atoms. The maximum atomic E-state index is 2.35. The summed E-state index contributed by atoms with van der Waals surface area (Å²) in [6.45, 7) is 6.57. The van der Waals surface area contributed by atoms with E-state index in [9.17, 15) is 0 Å². The molecule has 0 atom stereocenters. The van der Waals surface area contributed by atoms with Gasteiger partial charge >= 0.3 is 0 Å². The van der Waals surface area contributed by atoms with E-state index < -0.39 is 0 Å². The van der Waals surface area contributed by atoms with Crippen molar-refractivity contribution in [2.45, 2.75) is 20.8 Å². The largest absolute Gasteiger partial charge is 0.0613 e. The average molecular weight is 270 g/mol. The summed E-state index contributed by atoms with van der Waals surface area (Å²) < 4.78 is 0. The van der Waals surface area contributed by atoms with Gasteiger partial charge in [0.25, 0.3) is 0 Å². The molecule has 0 nitrogen and oxygen atoms in total. The van der Waals surface area contributed by atoms with Crippen LogP contribution in [0, 0.1) is 20.8 Å². The van der Waals surface area contributed by atoms with Crippen molar-refractivity contribution in [1.82, 2.24) is 0 Å². The first-order valence-corrected chi connectivity index (χ1v) is 7.46. The van der Waals surface area contributed by atoms with Crippen molar-refractivity contribution in [3.63, 3.8) is 0 Å². The van der Waals surface area contributed by atoms with Crippen LogP contribution in [-0.4, -0.2) is 0 Å². The second-order valence-electron chi connectivity index (χ2n) is 6.11. The predicted octanol–water partition coefficient (Wildman–Crippen LogP) is 6.07. The Morgan fingerprint density at radius 3 is 2.29 bits per heavy atom. The fraction of sp³-hybridized carbons (Fsp3) is 0.143. The zero-order valence-electron chi connectivity index (χ0n) is 12.7. The summed E-state index contributed by atoms with van der Waals surface area (Å²) in [6.07, 6.45) is 0. The van der Waals surface area contributed by atoms with Crippen molar-refractivity contribution in [2.24, 2.45) is 0 Å². The van der Waals surface area contributed by atoms with Crippen LogP contribution in [0.4, 0.5) is 0 Å². The summed E-state index contributed by atoms with van der Waals surface area (Å²) in [5, 5.41) is 8.11. The summed E-state index contributed by atoms with van der Waals surface area (Å²) >= 11 is 0. The quantitative estimate of drug-likeness (QED) is 0.268. The van der Waals surface area contributed by atoms with E-state index in [0.717, 1.165) is 0 Å². The van der Waals surface area contributed by atoms with Gasteiger partial charge in [-0.25, -0.2) is 0 Å². The summed E-state index contributed by atoms with van der Waals surface area (Å²) in [6, 6.07) is 20.3. The highest BCUT2D eigenvalue weighted by atomic mass is 14.1. The van der Waals surface area contributed by atoms with Crippen LogP contribution in [-0.2, 0) is 0 Å². The van der Waals surface area contributed by atoms with Crippen molar-refractivity contribution in [1.29, 1.82) is 0 Å². The van der Waals surface area contributed by atoms with Gasteiger partial charge in [-0.1, -0.05) is 48.0 Å². The van der Waals surface area contributed by atoms with Crippen molar-refractivity contribution in [3.05, 3.63) is 71.3 Å². The number of benzene rings is 4. The van der Waals surface area contributed by atoms with Gasteiger partial charge in [-0.3, -0.25) is 0 Å². The normalized spacial score (nSPS) is 11.6. The van der Waals surface area contributed by atoms with E-state index in [1.54, 1.807) is 0 Å². The fourth-order valence-electron chi connectivity index (χ4n) is 3.51. The molecular formula is C21H18. The van der Waals surface area contributed by atoms with Crippen LogP contribution >= 0.6 is 0 Å². The third-order valence-corrected chi connectivity index (χ3v) is 4.49. The summed E-state index contributed by atoms with van der Waals surface area (Å²) in [7, 11) is 0. The number of hydrogen-bond donors (Lipinski definition) is 0. The van der Waals surface area contributed by atoms with E-state index in [4.69, 9.17) is 0 Å². The van der Waals surface area contributed by atoms with Crippen LogP contribution in [0.3, 0.4) is 0 Å². The van der Waals surface area contributed by atoms with Crippen molar-refractivity contribution >= 4 is 32.3 Å². The first-order valence-electron chi connectivity index (χ1n) is 7.46. The summed E-state index contributed by atoms with van der Waals surface area (Å²) in [5.41, 5.74) is 4.03. The van der Waals surface area contributed by atoms with Gasteiger partial charge in [0.1, 0.15) is 0 Å². The monoisotopic (exact) mass is 270 g/mol. The third kappa shape index (κ3) is 1.83. The van der Waals surface area contributed by atoms with Crippen LogP contribution in [0.2, 0.25) is 0 Å². The third-order valence-electron chi connectivity index (χ3n) is 4.49. The summed E-state index contributed by atoms with van der Waals surface area (Å²) in [5.74, 6) is 0. The Balaban J connectivity index is 2.26. The fourth-order valence-corrected chi connectivity index (χ4v) is 3.51. The van der Waals surface area contributed by atoms with E-state index in [-0.39, 0.29) is 0 Å². The molecule has 0 saturated carbocycles. The minimum absolute atomic E-state index is 1.31. The molecule has 21 heavy (non-hydrogen) atoms. The molecule has 0 spiro atoms. The van der Waals surface area contributed by atoms with Crippen LogP contribution in [0.5, 0.6) is 0 Å². The van der Waals surface area contributed by atoms with E-state index in [2.05, 4.69) is 75.4 Å². The van der Waals surface area contributed by atoms with Crippen molar-refractivity contribution in [3.8, 4) is 0 Å². The number of fused-ring (bicyclic) bond motifs is 4. The molecule has 0 aliphatic rings. The standard InChI is InChI=1S/C21H18/c1-13-7-8-16-11-18-10-15(3)21-14(2)5-4-6-19(21)20(18)12-17(16)9-13/h4-12H,1-3H3. The van der Waals surface area contributed by atoms with Gasteiger partial charge in [-0.05, 0) is 76.3 Å². The maximum Gasteiger partial charge on any atom is -0.00987 e. The molecule has 0 saturated heterocycles. The van der Waals surface area contributed by atoms with Crippen LogP contribution < -0.4 is 0 Å². The molecule has 4 aromatic carbocycles. The molecule has 0 amide bonds. The lowest BCUT2D eigenvalue weighted by atomic mass is 9.93.